The Morgan fingerprint density at radius 3 is 2.27 bits per heavy atom. The first-order chi connectivity index (χ1) is 7.00. The van der Waals surface area contributed by atoms with Crippen molar-refractivity contribution in [1.29, 1.82) is 0 Å². The van der Waals surface area contributed by atoms with Gasteiger partial charge in [-0.25, -0.2) is 0 Å². The lowest BCUT2D eigenvalue weighted by atomic mass is 10.00. The zero-order chi connectivity index (χ0) is 11.2. The lowest BCUT2D eigenvalue weighted by Crippen LogP contribution is -2.38. The van der Waals surface area contributed by atoms with E-state index in [9.17, 15) is 14.4 Å². The summed E-state index contributed by atoms with van der Waals surface area (Å²) in [7, 11) is 0. The number of carbonyl (C=O) groups is 3. The fourth-order valence-corrected chi connectivity index (χ4v) is 2.21. The van der Waals surface area contributed by atoms with Gasteiger partial charge in [0.2, 0.25) is 17.7 Å². The molecule has 0 saturated carbocycles. The van der Waals surface area contributed by atoms with Gasteiger partial charge in [0.1, 0.15) is 5.38 Å². The van der Waals surface area contributed by atoms with Crippen molar-refractivity contribution in [2.24, 2.45) is 11.8 Å². The molecule has 0 unspecified atom stereocenters. The van der Waals surface area contributed by atoms with Crippen LogP contribution in [0.4, 0.5) is 0 Å². The number of rotatable bonds is 1. The molecule has 15 heavy (non-hydrogen) atoms. The van der Waals surface area contributed by atoms with Gasteiger partial charge in [0, 0.05) is 13.1 Å². The van der Waals surface area contributed by atoms with Crippen molar-refractivity contribution in [3.05, 3.63) is 0 Å². The van der Waals surface area contributed by atoms with Crippen molar-refractivity contribution in [1.82, 2.24) is 10.2 Å². The number of carbonyl (C=O) groups excluding carboxylic acids is 3. The highest BCUT2D eigenvalue weighted by Crippen LogP contribution is 2.28. The van der Waals surface area contributed by atoms with Crippen LogP contribution in [0.2, 0.25) is 0 Å². The monoisotopic (exact) mass is 230 g/mol. The Balaban J connectivity index is 2.10. The maximum atomic E-state index is 11.5. The molecule has 82 valence electrons. The van der Waals surface area contributed by atoms with E-state index in [4.69, 9.17) is 11.6 Å². The van der Waals surface area contributed by atoms with Gasteiger partial charge < -0.3 is 4.90 Å². The van der Waals surface area contributed by atoms with E-state index >= 15 is 0 Å². The van der Waals surface area contributed by atoms with E-state index in [1.165, 1.54) is 4.90 Å². The summed E-state index contributed by atoms with van der Waals surface area (Å²) in [5, 5.41) is 1.65. The van der Waals surface area contributed by atoms with E-state index in [2.05, 4.69) is 5.32 Å². The number of fused-ring (bicyclic) bond motifs is 1. The van der Waals surface area contributed by atoms with Gasteiger partial charge >= 0.3 is 0 Å². The molecule has 2 saturated heterocycles. The summed E-state index contributed by atoms with van der Waals surface area (Å²) in [5.74, 6) is -1.52. The molecule has 0 spiro atoms. The van der Waals surface area contributed by atoms with Crippen molar-refractivity contribution in [3.8, 4) is 0 Å². The minimum atomic E-state index is -0.609. The summed E-state index contributed by atoms with van der Waals surface area (Å²) in [4.78, 5) is 35.6. The van der Waals surface area contributed by atoms with Gasteiger partial charge in [-0.3, -0.25) is 19.7 Å². The summed E-state index contributed by atoms with van der Waals surface area (Å²) in [5.41, 5.74) is 0. The first-order valence-corrected chi connectivity index (χ1v) is 5.22. The van der Waals surface area contributed by atoms with Crippen LogP contribution >= 0.6 is 11.6 Å². The smallest absolute Gasteiger partial charge is 0.240 e. The molecule has 0 aromatic heterocycles. The van der Waals surface area contributed by atoms with Crippen LogP contribution in [0.5, 0.6) is 0 Å². The van der Waals surface area contributed by atoms with Crippen molar-refractivity contribution in [3.63, 3.8) is 0 Å². The van der Waals surface area contributed by atoms with Crippen LogP contribution in [-0.4, -0.2) is 41.1 Å². The molecular weight excluding hydrogens is 220 g/mol. The number of nitrogens with one attached hydrogen (secondary N) is 1. The molecule has 0 aromatic carbocycles. The molecule has 2 heterocycles. The van der Waals surface area contributed by atoms with Crippen LogP contribution in [0, 0.1) is 11.8 Å². The Morgan fingerprint density at radius 2 is 1.87 bits per heavy atom. The lowest BCUT2D eigenvalue weighted by Gasteiger charge is -2.18. The molecular formula is C9H11ClN2O3. The third kappa shape index (κ3) is 1.61. The molecule has 5 nitrogen and oxygen atoms in total. The molecule has 1 N–H and O–H groups in total. The second-order valence-electron chi connectivity index (χ2n) is 3.93. The van der Waals surface area contributed by atoms with Crippen LogP contribution in [0.25, 0.3) is 0 Å². The lowest BCUT2D eigenvalue weighted by molar-refractivity contribution is -0.131. The molecule has 0 bridgehead atoms. The molecule has 0 radical (unpaired) electrons. The van der Waals surface area contributed by atoms with Gasteiger partial charge in [-0.2, -0.15) is 0 Å². The Hall–Kier alpha value is -1.10. The van der Waals surface area contributed by atoms with Gasteiger partial charge in [0.15, 0.2) is 0 Å². The molecule has 3 atom stereocenters. The van der Waals surface area contributed by atoms with Crippen molar-refractivity contribution in [2.45, 2.75) is 12.3 Å². The number of alkyl halides is 1. The fourth-order valence-electron chi connectivity index (χ4n) is 2.07. The third-order valence-corrected chi connectivity index (χ3v) is 3.08. The summed E-state index contributed by atoms with van der Waals surface area (Å²) in [6, 6.07) is 0. The van der Waals surface area contributed by atoms with E-state index in [-0.39, 0.29) is 29.6 Å². The normalized spacial score (nSPS) is 31.5. The Kier molecular flexibility index (Phi) is 2.42. The van der Waals surface area contributed by atoms with E-state index in [0.29, 0.717) is 13.1 Å². The van der Waals surface area contributed by atoms with Gasteiger partial charge in [0.25, 0.3) is 0 Å². The average Bonchev–Trinajstić information content (AvgIpc) is 2.68. The number of imide groups is 1. The molecule has 2 rings (SSSR count). The van der Waals surface area contributed by atoms with E-state index in [1.807, 2.05) is 0 Å². The standard InChI is InChI=1S/C9H11ClN2O3/c1-4(10)9(15)12-2-5-6(3-12)8(14)11-7(5)13/h4-6H,2-3H2,1H3,(H,11,13,14)/t4-,5+,6+/m0/s1. The SMILES string of the molecule is C[C@H](Cl)C(=O)N1C[C@H]2C(=O)NC(=O)[C@@H]2C1. The van der Waals surface area contributed by atoms with Crippen molar-refractivity contribution >= 4 is 29.3 Å². The van der Waals surface area contributed by atoms with Gasteiger partial charge in [-0.1, -0.05) is 0 Å². The number of amides is 3. The summed E-state index contributed by atoms with van der Waals surface area (Å²) >= 11 is 5.66. The van der Waals surface area contributed by atoms with Crippen LogP contribution in [0.15, 0.2) is 0 Å². The molecule has 3 amide bonds. The molecule has 6 heteroatoms. The highest BCUT2D eigenvalue weighted by atomic mass is 35.5. The Labute approximate surface area is 91.7 Å². The second kappa shape index (κ2) is 3.48. The largest absolute Gasteiger partial charge is 0.340 e. The van der Waals surface area contributed by atoms with Gasteiger partial charge in [-0.05, 0) is 6.92 Å². The van der Waals surface area contributed by atoms with Crippen LogP contribution in [0.1, 0.15) is 6.92 Å². The fraction of sp³-hybridized carbons (Fsp3) is 0.667. The first-order valence-electron chi connectivity index (χ1n) is 4.78. The maximum absolute atomic E-state index is 11.5. The third-order valence-electron chi connectivity index (χ3n) is 2.89. The van der Waals surface area contributed by atoms with Gasteiger partial charge in [0.05, 0.1) is 11.8 Å². The number of hydrogen-bond donors (Lipinski definition) is 1. The predicted octanol–water partition coefficient (Wildman–Crippen LogP) is -0.655. The van der Waals surface area contributed by atoms with Crippen LogP contribution in [0.3, 0.4) is 0 Å². The minimum absolute atomic E-state index is 0.216. The minimum Gasteiger partial charge on any atom is -0.340 e. The van der Waals surface area contributed by atoms with Crippen LogP contribution in [-0.2, 0) is 14.4 Å². The zero-order valence-corrected chi connectivity index (χ0v) is 8.95. The highest BCUT2D eigenvalue weighted by molar-refractivity contribution is 6.30. The summed E-state index contributed by atoms with van der Waals surface area (Å²) in [6.45, 7) is 2.19. The van der Waals surface area contributed by atoms with E-state index in [1.54, 1.807) is 6.92 Å². The van der Waals surface area contributed by atoms with Crippen molar-refractivity contribution < 1.29 is 14.4 Å². The Morgan fingerprint density at radius 1 is 1.40 bits per heavy atom. The average molecular weight is 231 g/mol. The molecule has 0 aromatic rings. The highest BCUT2D eigenvalue weighted by Gasteiger charge is 2.49. The zero-order valence-electron chi connectivity index (χ0n) is 8.20. The molecule has 2 aliphatic heterocycles. The molecule has 2 aliphatic rings. The Bertz CT molecular complexity index is 320. The predicted molar refractivity (Wildman–Crippen MR) is 52.0 cm³/mol. The topological polar surface area (TPSA) is 66.5 Å². The number of hydrogen-bond acceptors (Lipinski definition) is 3. The number of nitrogens with zero attached hydrogens (tertiary/aromatic N) is 1. The number of halogens is 1. The quantitative estimate of drug-likeness (QED) is 0.481. The molecule has 2 fully saturated rings. The summed E-state index contributed by atoms with van der Waals surface area (Å²) in [6.07, 6.45) is 0. The first kappa shape index (κ1) is 10.4. The molecule has 0 aliphatic carbocycles. The van der Waals surface area contributed by atoms with E-state index in [0.717, 1.165) is 0 Å². The van der Waals surface area contributed by atoms with Crippen molar-refractivity contribution in [2.75, 3.05) is 13.1 Å². The van der Waals surface area contributed by atoms with Crippen LogP contribution < -0.4 is 5.32 Å². The second-order valence-corrected chi connectivity index (χ2v) is 4.58. The maximum Gasteiger partial charge on any atom is 0.240 e. The van der Waals surface area contributed by atoms with Gasteiger partial charge in [-0.15, -0.1) is 11.6 Å². The summed E-state index contributed by atoms with van der Waals surface area (Å²) < 4.78 is 0. The van der Waals surface area contributed by atoms with E-state index < -0.39 is 5.38 Å². The number of likely N-dealkylation sites (tertiary alicyclic amines) is 1.